The van der Waals surface area contributed by atoms with Gasteiger partial charge in [-0.05, 0) is 57.8 Å². The summed E-state index contributed by atoms with van der Waals surface area (Å²) < 4.78 is 26.5. The van der Waals surface area contributed by atoms with Crippen LogP contribution in [0, 0.1) is 0 Å². The first-order valence-electron chi connectivity index (χ1n) is 23.6. The van der Waals surface area contributed by atoms with Gasteiger partial charge in [-0.15, -0.1) is 0 Å². The van der Waals surface area contributed by atoms with Gasteiger partial charge in [0.15, 0.2) is 6.10 Å². The molecule has 0 rings (SSSR count). The number of esters is 2. The maximum Gasteiger partial charge on any atom is 0.469 e. The number of ether oxygens (including phenoxy) is 2. The normalized spacial score (nSPS) is 13.0. The molecule has 0 aromatic rings. The highest BCUT2D eigenvalue weighted by molar-refractivity contribution is 7.46. The highest BCUT2D eigenvalue weighted by Crippen LogP contribution is 2.36. The second-order valence-corrected chi connectivity index (χ2v) is 16.9. The summed E-state index contributed by atoms with van der Waals surface area (Å²) in [4.78, 5) is 43.0. The van der Waals surface area contributed by atoms with Crippen molar-refractivity contribution in [2.45, 2.75) is 225 Å². The van der Waals surface area contributed by atoms with Gasteiger partial charge in [0.25, 0.3) is 0 Å². The summed E-state index contributed by atoms with van der Waals surface area (Å²) in [7, 11) is -4.77. The highest BCUT2D eigenvalue weighted by atomic mass is 31.2. The van der Waals surface area contributed by atoms with Gasteiger partial charge in [-0.1, -0.05) is 209 Å². The largest absolute Gasteiger partial charge is 0.469 e. The highest BCUT2D eigenvalue weighted by Gasteiger charge is 2.22. The monoisotopic (exact) mass is 835 g/mol. The summed E-state index contributed by atoms with van der Waals surface area (Å²) in [5, 5.41) is 0. The number of hydrogen-bond acceptors (Lipinski definition) is 6. The first-order chi connectivity index (χ1) is 28.3. The van der Waals surface area contributed by atoms with E-state index in [4.69, 9.17) is 19.3 Å². The second kappa shape index (κ2) is 44.3. The molecule has 0 aliphatic carbocycles. The molecule has 0 saturated carbocycles. The molecule has 9 heteroatoms. The number of unbranched alkanes of at least 4 members (excludes halogenated alkanes) is 23. The predicted molar refractivity (Wildman–Crippen MR) is 244 cm³/mol. The fraction of sp³-hybridized carbons (Fsp3) is 0.755. The zero-order valence-corrected chi connectivity index (χ0v) is 38.1. The lowest BCUT2D eigenvalue weighted by Crippen LogP contribution is -2.29. The molecule has 0 amide bonds. The number of allylic oxidation sites excluding steroid dienone is 10. The first kappa shape index (κ1) is 55.8. The molecule has 336 valence electrons. The molecule has 0 aromatic heterocycles. The lowest BCUT2D eigenvalue weighted by molar-refractivity contribution is -0.161. The van der Waals surface area contributed by atoms with E-state index in [0.717, 1.165) is 70.6 Å². The average Bonchev–Trinajstić information content (AvgIpc) is 3.20. The Balaban J connectivity index is 3.90. The number of phosphoric acid groups is 1. The van der Waals surface area contributed by atoms with Crippen molar-refractivity contribution in [3.05, 3.63) is 60.8 Å². The Labute approximate surface area is 356 Å². The van der Waals surface area contributed by atoms with Gasteiger partial charge in [0.05, 0.1) is 6.61 Å². The third-order valence-electron chi connectivity index (χ3n) is 10.1. The van der Waals surface area contributed by atoms with E-state index in [9.17, 15) is 14.2 Å². The second-order valence-electron chi connectivity index (χ2n) is 15.7. The van der Waals surface area contributed by atoms with Crippen molar-refractivity contribution >= 4 is 19.8 Å². The maximum absolute atomic E-state index is 12.4. The third-order valence-corrected chi connectivity index (χ3v) is 10.5. The average molecular weight is 835 g/mol. The van der Waals surface area contributed by atoms with E-state index < -0.39 is 32.5 Å². The first-order valence-corrected chi connectivity index (χ1v) is 25.1. The Hall–Kier alpha value is -2.25. The SMILES string of the molecule is CC/C=C\C/C=C\C/C=C\C/C=C\C/C=C\CCCCCC(=O)O[C@H](COC(=O)CCCCCCCCCCCCCCCCCCCCCCC)COP(=O)(O)O. The molecule has 0 spiro atoms. The quantitative estimate of drug-likeness (QED) is 0.0270. The van der Waals surface area contributed by atoms with Crippen LogP contribution in [-0.4, -0.2) is 41.0 Å². The Morgan fingerprint density at radius 3 is 1.24 bits per heavy atom. The van der Waals surface area contributed by atoms with Crippen molar-refractivity contribution in [3.63, 3.8) is 0 Å². The minimum Gasteiger partial charge on any atom is -0.462 e. The van der Waals surface area contributed by atoms with Crippen molar-refractivity contribution in [2.75, 3.05) is 13.2 Å². The topological polar surface area (TPSA) is 119 Å². The van der Waals surface area contributed by atoms with Crippen molar-refractivity contribution in [2.24, 2.45) is 0 Å². The van der Waals surface area contributed by atoms with Crippen LogP contribution in [0.1, 0.15) is 219 Å². The molecule has 0 saturated heterocycles. The van der Waals surface area contributed by atoms with Crippen molar-refractivity contribution < 1.29 is 37.9 Å². The van der Waals surface area contributed by atoms with E-state index in [1.807, 2.05) is 0 Å². The molecule has 0 unspecified atom stereocenters. The van der Waals surface area contributed by atoms with Crippen LogP contribution >= 0.6 is 7.82 Å². The van der Waals surface area contributed by atoms with Crippen LogP contribution in [-0.2, 0) is 28.2 Å². The van der Waals surface area contributed by atoms with Crippen LogP contribution < -0.4 is 0 Å². The molecule has 0 aromatic carbocycles. The summed E-state index contributed by atoms with van der Waals surface area (Å²) >= 11 is 0. The molecule has 0 radical (unpaired) electrons. The molecular formula is C49H87O8P. The van der Waals surface area contributed by atoms with E-state index in [1.165, 1.54) is 116 Å². The Morgan fingerprint density at radius 1 is 0.466 bits per heavy atom. The van der Waals surface area contributed by atoms with E-state index >= 15 is 0 Å². The van der Waals surface area contributed by atoms with Gasteiger partial charge in [-0.25, -0.2) is 4.57 Å². The zero-order valence-electron chi connectivity index (χ0n) is 37.2. The van der Waals surface area contributed by atoms with Gasteiger partial charge < -0.3 is 19.3 Å². The number of carbonyl (C=O) groups excluding carboxylic acids is 2. The number of carbonyl (C=O) groups is 2. The van der Waals surface area contributed by atoms with Crippen LogP contribution in [0.4, 0.5) is 0 Å². The Kier molecular flexibility index (Phi) is 42.6. The van der Waals surface area contributed by atoms with Gasteiger partial charge in [0.2, 0.25) is 0 Å². The molecule has 0 bridgehead atoms. The van der Waals surface area contributed by atoms with Crippen LogP contribution in [0.15, 0.2) is 60.8 Å². The van der Waals surface area contributed by atoms with Gasteiger partial charge in [-0.2, -0.15) is 0 Å². The fourth-order valence-electron chi connectivity index (χ4n) is 6.58. The summed E-state index contributed by atoms with van der Waals surface area (Å²) in [6, 6.07) is 0. The minimum absolute atomic E-state index is 0.172. The number of phosphoric ester groups is 1. The maximum atomic E-state index is 12.4. The standard InChI is InChI=1S/C49H87O8P/c1-3-5-7-9-11-13-15-17-19-21-23-24-26-27-29-31-33-35-37-39-41-43-48(50)55-45-47(46-56-58(52,53)54)57-49(51)44-42-40-38-36-34-32-30-28-25-22-20-18-16-14-12-10-8-6-4-2/h6,8,12,14,18,20,25,28,32,34,47H,3-5,7,9-11,13,15-17,19,21-24,26-27,29-31,33,35-46H2,1-2H3,(H2,52,53,54)/b8-6-,14-12-,20-18-,28-25-,34-32-/t47-/m1/s1. The molecule has 0 aliphatic rings. The Bertz CT molecular complexity index is 1120. The van der Waals surface area contributed by atoms with Crippen LogP contribution in [0.5, 0.6) is 0 Å². The van der Waals surface area contributed by atoms with E-state index in [0.29, 0.717) is 6.42 Å². The molecular weight excluding hydrogens is 748 g/mol. The zero-order chi connectivity index (χ0) is 42.5. The molecule has 0 aliphatic heterocycles. The van der Waals surface area contributed by atoms with Crippen molar-refractivity contribution in [3.8, 4) is 0 Å². The summed E-state index contributed by atoms with van der Waals surface area (Å²) in [5.74, 6) is -0.917. The lowest BCUT2D eigenvalue weighted by atomic mass is 10.0. The van der Waals surface area contributed by atoms with Gasteiger partial charge in [0.1, 0.15) is 6.61 Å². The molecule has 2 N–H and O–H groups in total. The van der Waals surface area contributed by atoms with E-state index in [2.05, 4.69) is 79.1 Å². The molecule has 1 atom stereocenters. The molecule has 0 heterocycles. The summed E-state index contributed by atoms with van der Waals surface area (Å²) in [6.07, 6.45) is 56.6. The summed E-state index contributed by atoms with van der Waals surface area (Å²) in [5.41, 5.74) is 0. The van der Waals surface area contributed by atoms with Crippen LogP contribution in [0.25, 0.3) is 0 Å². The van der Waals surface area contributed by atoms with Crippen LogP contribution in [0.2, 0.25) is 0 Å². The van der Waals surface area contributed by atoms with E-state index in [-0.39, 0.29) is 19.4 Å². The van der Waals surface area contributed by atoms with Crippen molar-refractivity contribution in [1.82, 2.24) is 0 Å². The predicted octanol–water partition coefficient (Wildman–Crippen LogP) is 14.9. The summed E-state index contributed by atoms with van der Waals surface area (Å²) in [6.45, 7) is 3.57. The molecule has 58 heavy (non-hydrogen) atoms. The fourth-order valence-corrected chi connectivity index (χ4v) is 6.94. The van der Waals surface area contributed by atoms with Gasteiger partial charge in [0, 0.05) is 12.8 Å². The number of rotatable bonds is 43. The molecule has 8 nitrogen and oxygen atoms in total. The van der Waals surface area contributed by atoms with Crippen molar-refractivity contribution in [1.29, 1.82) is 0 Å². The number of hydrogen-bond donors (Lipinski definition) is 2. The Morgan fingerprint density at radius 2 is 0.828 bits per heavy atom. The third kappa shape index (κ3) is 46.4. The smallest absolute Gasteiger partial charge is 0.462 e. The van der Waals surface area contributed by atoms with Gasteiger partial charge in [-0.3, -0.25) is 14.1 Å². The minimum atomic E-state index is -4.77. The van der Waals surface area contributed by atoms with E-state index in [1.54, 1.807) is 0 Å². The van der Waals surface area contributed by atoms with Gasteiger partial charge >= 0.3 is 19.8 Å². The van der Waals surface area contributed by atoms with Crippen LogP contribution in [0.3, 0.4) is 0 Å². The molecule has 0 fully saturated rings. The lowest BCUT2D eigenvalue weighted by Gasteiger charge is -2.18.